The number of esters is 1. The van der Waals surface area contributed by atoms with Crippen LogP contribution in [0.25, 0.3) is 0 Å². The minimum Gasteiger partial charge on any atom is -0.454 e. The topological polar surface area (TPSA) is 122 Å². The van der Waals surface area contributed by atoms with Crippen LogP contribution >= 0.6 is 0 Å². The molecule has 1 fully saturated rings. The van der Waals surface area contributed by atoms with Crippen LogP contribution in [0.1, 0.15) is 69.2 Å². The summed E-state index contributed by atoms with van der Waals surface area (Å²) in [4.78, 5) is 36.3. The molecule has 0 aliphatic heterocycles. The maximum atomic E-state index is 12.5. The van der Waals surface area contributed by atoms with Crippen molar-refractivity contribution in [1.82, 2.24) is 14.9 Å². The van der Waals surface area contributed by atoms with Crippen molar-refractivity contribution in [3.63, 3.8) is 0 Å². The van der Waals surface area contributed by atoms with E-state index < -0.39 is 28.4 Å². The molecular formula is C23H35N3O6S. The standard InChI is InChI=1S/C23H35N3O6S/c1-3-26(4-2)33(30,31)20-14-12-18(13-15-20)23(29)24-16-22(28)32-17-21(27)25-19-10-8-6-5-7-9-11-19/h12-15,19H,3-11,16-17H2,1-2H3,(H,24,29)(H,25,27). The van der Waals surface area contributed by atoms with Crippen LogP contribution in [0.5, 0.6) is 0 Å². The molecule has 2 N–H and O–H groups in total. The highest BCUT2D eigenvalue weighted by molar-refractivity contribution is 7.89. The van der Waals surface area contributed by atoms with Crippen molar-refractivity contribution in [2.75, 3.05) is 26.2 Å². The van der Waals surface area contributed by atoms with Crippen molar-refractivity contribution in [1.29, 1.82) is 0 Å². The van der Waals surface area contributed by atoms with E-state index in [1.807, 2.05) is 0 Å². The zero-order chi connectivity index (χ0) is 24.3. The van der Waals surface area contributed by atoms with Crippen LogP contribution < -0.4 is 10.6 Å². The molecule has 1 aromatic carbocycles. The van der Waals surface area contributed by atoms with Gasteiger partial charge in [0.15, 0.2) is 6.61 Å². The molecule has 0 saturated heterocycles. The summed E-state index contributed by atoms with van der Waals surface area (Å²) in [6.45, 7) is 3.43. The summed E-state index contributed by atoms with van der Waals surface area (Å²) in [6, 6.07) is 5.62. The molecule has 9 nitrogen and oxygen atoms in total. The van der Waals surface area contributed by atoms with Gasteiger partial charge in [0, 0.05) is 24.7 Å². The zero-order valence-corrected chi connectivity index (χ0v) is 20.3. The van der Waals surface area contributed by atoms with Gasteiger partial charge in [-0.3, -0.25) is 14.4 Å². The molecule has 0 spiro atoms. The van der Waals surface area contributed by atoms with Gasteiger partial charge in [0.25, 0.3) is 11.8 Å². The van der Waals surface area contributed by atoms with Gasteiger partial charge in [-0.25, -0.2) is 8.42 Å². The molecule has 0 aromatic heterocycles. The highest BCUT2D eigenvalue weighted by Crippen LogP contribution is 2.17. The number of hydrogen-bond acceptors (Lipinski definition) is 6. The fourth-order valence-electron chi connectivity index (χ4n) is 3.81. The summed E-state index contributed by atoms with van der Waals surface area (Å²) in [6.07, 6.45) is 7.63. The van der Waals surface area contributed by atoms with E-state index in [0.29, 0.717) is 13.1 Å². The number of benzene rings is 1. The molecule has 0 radical (unpaired) electrons. The predicted molar refractivity (Wildman–Crippen MR) is 124 cm³/mol. The monoisotopic (exact) mass is 481 g/mol. The molecule has 0 heterocycles. The van der Waals surface area contributed by atoms with Crippen LogP contribution in [0, 0.1) is 0 Å². The van der Waals surface area contributed by atoms with Crippen LogP contribution in [0.15, 0.2) is 29.2 Å². The van der Waals surface area contributed by atoms with Crippen molar-refractivity contribution >= 4 is 27.8 Å². The van der Waals surface area contributed by atoms with Crippen molar-refractivity contribution in [3.05, 3.63) is 29.8 Å². The number of amides is 2. The van der Waals surface area contributed by atoms with E-state index in [1.165, 1.54) is 47.8 Å². The largest absolute Gasteiger partial charge is 0.454 e. The summed E-state index contributed by atoms with van der Waals surface area (Å²) >= 11 is 0. The van der Waals surface area contributed by atoms with Gasteiger partial charge in [0.1, 0.15) is 6.54 Å². The predicted octanol–water partition coefficient (Wildman–Crippen LogP) is 2.22. The molecule has 0 bridgehead atoms. The van der Waals surface area contributed by atoms with Crippen LogP contribution in [-0.2, 0) is 24.3 Å². The summed E-state index contributed by atoms with van der Waals surface area (Å²) in [7, 11) is -3.61. The van der Waals surface area contributed by atoms with E-state index in [0.717, 1.165) is 25.7 Å². The minimum atomic E-state index is -3.61. The number of rotatable bonds is 10. The van der Waals surface area contributed by atoms with Crippen LogP contribution in [-0.4, -0.2) is 62.8 Å². The van der Waals surface area contributed by atoms with Gasteiger partial charge in [0.2, 0.25) is 10.0 Å². The molecule has 0 atom stereocenters. The zero-order valence-electron chi connectivity index (χ0n) is 19.5. The summed E-state index contributed by atoms with van der Waals surface area (Å²) in [5, 5.41) is 5.33. The third-order valence-electron chi connectivity index (χ3n) is 5.69. The Morgan fingerprint density at radius 2 is 1.55 bits per heavy atom. The fourth-order valence-corrected chi connectivity index (χ4v) is 5.27. The molecule has 184 valence electrons. The number of hydrogen-bond donors (Lipinski definition) is 2. The Labute approximate surface area is 196 Å². The van der Waals surface area contributed by atoms with Crippen LogP contribution in [0.2, 0.25) is 0 Å². The molecule has 0 unspecified atom stereocenters. The number of ether oxygens (including phenoxy) is 1. The van der Waals surface area contributed by atoms with Gasteiger partial charge in [-0.1, -0.05) is 46.0 Å². The number of carbonyl (C=O) groups is 3. The number of nitrogens with one attached hydrogen (secondary N) is 2. The Bertz CT molecular complexity index is 889. The highest BCUT2D eigenvalue weighted by Gasteiger charge is 2.22. The van der Waals surface area contributed by atoms with E-state index in [2.05, 4.69) is 10.6 Å². The molecule has 1 aliphatic carbocycles. The van der Waals surface area contributed by atoms with Gasteiger partial charge < -0.3 is 15.4 Å². The van der Waals surface area contributed by atoms with E-state index >= 15 is 0 Å². The van der Waals surface area contributed by atoms with Crippen molar-refractivity contribution in [2.24, 2.45) is 0 Å². The molecule has 1 aliphatic rings. The number of carbonyl (C=O) groups excluding carboxylic acids is 3. The van der Waals surface area contributed by atoms with Gasteiger partial charge in [0.05, 0.1) is 4.90 Å². The van der Waals surface area contributed by atoms with E-state index in [1.54, 1.807) is 13.8 Å². The SMILES string of the molecule is CCN(CC)S(=O)(=O)c1ccc(C(=O)NCC(=O)OCC(=O)NC2CCCCCCC2)cc1. The quantitative estimate of drug-likeness (QED) is 0.494. The first-order chi connectivity index (χ1) is 15.8. The first kappa shape index (κ1) is 26.8. The third kappa shape index (κ3) is 8.43. The Morgan fingerprint density at radius 3 is 2.12 bits per heavy atom. The van der Waals surface area contributed by atoms with Crippen molar-refractivity contribution < 1.29 is 27.5 Å². The fraction of sp³-hybridized carbons (Fsp3) is 0.609. The Morgan fingerprint density at radius 1 is 0.970 bits per heavy atom. The maximum absolute atomic E-state index is 12.5. The molecule has 2 rings (SSSR count). The average Bonchev–Trinajstić information content (AvgIpc) is 2.78. The Kier molecular flexibility index (Phi) is 10.8. The highest BCUT2D eigenvalue weighted by atomic mass is 32.2. The van der Waals surface area contributed by atoms with Crippen LogP contribution in [0.4, 0.5) is 0 Å². The first-order valence-corrected chi connectivity index (χ1v) is 13.0. The lowest BCUT2D eigenvalue weighted by Gasteiger charge is -2.20. The average molecular weight is 482 g/mol. The molecule has 2 amide bonds. The lowest BCUT2D eigenvalue weighted by Crippen LogP contribution is -2.39. The van der Waals surface area contributed by atoms with Gasteiger partial charge in [-0.05, 0) is 37.1 Å². The molecule has 1 saturated carbocycles. The molecular weight excluding hydrogens is 446 g/mol. The van der Waals surface area contributed by atoms with Gasteiger partial charge >= 0.3 is 5.97 Å². The minimum absolute atomic E-state index is 0.0949. The number of nitrogens with zero attached hydrogens (tertiary/aromatic N) is 1. The van der Waals surface area contributed by atoms with Crippen molar-refractivity contribution in [2.45, 2.75) is 69.7 Å². The molecule has 1 aromatic rings. The molecule has 10 heteroatoms. The van der Waals surface area contributed by atoms with Gasteiger partial charge in [-0.2, -0.15) is 4.31 Å². The van der Waals surface area contributed by atoms with Crippen LogP contribution in [0.3, 0.4) is 0 Å². The summed E-state index contributed by atoms with van der Waals surface area (Å²) in [5.41, 5.74) is 0.211. The normalized spacial score (nSPS) is 15.4. The third-order valence-corrected chi connectivity index (χ3v) is 7.75. The lowest BCUT2D eigenvalue weighted by atomic mass is 9.97. The second-order valence-electron chi connectivity index (χ2n) is 8.07. The van der Waals surface area contributed by atoms with E-state index in [4.69, 9.17) is 4.74 Å². The first-order valence-electron chi connectivity index (χ1n) is 11.6. The number of sulfonamides is 1. The van der Waals surface area contributed by atoms with E-state index in [9.17, 15) is 22.8 Å². The molecule has 33 heavy (non-hydrogen) atoms. The Hall–Kier alpha value is -2.46. The smallest absolute Gasteiger partial charge is 0.325 e. The Balaban J connectivity index is 1.77. The maximum Gasteiger partial charge on any atom is 0.325 e. The van der Waals surface area contributed by atoms with Gasteiger partial charge in [-0.15, -0.1) is 0 Å². The van der Waals surface area contributed by atoms with Crippen molar-refractivity contribution in [3.8, 4) is 0 Å². The summed E-state index contributed by atoms with van der Waals surface area (Å²) < 4.78 is 31.3. The second kappa shape index (κ2) is 13.3. The lowest BCUT2D eigenvalue weighted by molar-refractivity contribution is -0.147. The van der Waals surface area contributed by atoms with E-state index in [-0.39, 0.29) is 29.0 Å². The summed E-state index contributed by atoms with van der Waals surface area (Å²) in [5.74, 6) is -1.61. The second-order valence-corrected chi connectivity index (χ2v) is 10.0.